The molecule has 4 aliphatic carbocycles. The lowest BCUT2D eigenvalue weighted by Crippen LogP contribution is -2.58. The van der Waals surface area contributed by atoms with Crippen molar-refractivity contribution in [2.75, 3.05) is 5.32 Å². The predicted molar refractivity (Wildman–Crippen MR) is 93.5 cm³/mol. The number of carbonyl (C=O) groups excluding carboxylic acids is 1. The fourth-order valence-corrected chi connectivity index (χ4v) is 5.59. The van der Waals surface area contributed by atoms with Crippen LogP contribution in [0.1, 0.15) is 44.6 Å². The standard InChI is InChI=1S/C20H25F3N2O/c1-11(19(26)25-17-4-2-3-16(10-17)20(21,22)23)24-18-14-6-12-5-13(8-14)9-15(18)7-12/h2-4,10-15,18,24H,5-9H2,1H3,(H,25,26)/t11-,12?,13?,14?,15?,18?/m0/s1. The first kappa shape index (κ1) is 17.8. The van der Waals surface area contributed by atoms with Gasteiger partial charge in [-0.05, 0) is 80.9 Å². The molecular formula is C20H25F3N2O. The van der Waals surface area contributed by atoms with Crippen molar-refractivity contribution in [3.05, 3.63) is 29.8 Å². The van der Waals surface area contributed by atoms with E-state index in [0.29, 0.717) is 17.9 Å². The Morgan fingerprint density at radius 2 is 1.69 bits per heavy atom. The maximum absolute atomic E-state index is 12.8. The summed E-state index contributed by atoms with van der Waals surface area (Å²) < 4.78 is 38.4. The molecule has 0 unspecified atom stereocenters. The lowest BCUT2D eigenvalue weighted by Gasteiger charge is -2.55. The van der Waals surface area contributed by atoms with Gasteiger partial charge in [-0.25, -0.2) is 0 Å². The van der Waals surface area contributed by atoms with Crippen LogP contribution in [0, 0.1) is 23.7 Å². The van der Waals surface area contributed by atoms with E-state index in [1.165, 1.54) is 44.2 Å². The SMILES string of the molecule is C[C@H](NC1C2CC3CC(C2)CC1C3)C(=O)Nc1cccc(C(F)(F)F)c1. The van der Waals surface area contributed by atoms with Gasteiger partial charge in [-0.3, -0.25) is 4.79 Å². The Kier molecular flexibility index (Phi) is 4.49. The van der Waals surface area contributed by atoms with Crippen molar-refractivity contribution in [2.24, 2.45) is 23.7 Å². The van der Waals surface area contributed by atoms with Gasteiger partial charge in [-0.1, -0.05) is 6.07 Å². The fourth-order valence-electron chi connectivity index (χ4n) is 5.59. The average molecular weight is 366 g/mol. The van der Waals surface area contributed by atoms with Crippen LogP contribution in [0.25, 0.3) is 0 Å². The highest BCUT2D eigenvalue weighted by molar-refractivity contribution is 5.94. The average Bonchev–Trinajstić information content (AvgIpc) is 2.56. The van der Waals surface area contributed by atoms with Crippen molar-refractivity contribution < 1.29 is 18.0 Å². The van der Waals surface area contributed by atoms with Gasteiger partial charge in [-0.2, -0.15) is 13.2 Å². The number of anilines is 1. The first-order valence-electron chi connectivity index (χ1n) is 9.53. The van der Waals surface area contributed by atoms with Crippen LogP contribution in [-0.2, 0) is 11.0 Å². The predicted octanol–water partition coefficient (Wildman–Crippen LogP) is 4.45. The highest BCUT2D eigenvalue weighted by Gasteiger charge is 2.48. The molecule has 1 aromatic carbocycles. The van der Waals surface area contributed by atoms with E-state index < -0.39 is 17.8 Å². The second-order valence-corrected chi connectivity index (χ2v) is 8.41. The Morgan fingerprint density at radius 3 is 2.27 bits per heavy atom. The van der Waals surface area contributed by atoms with E-state index in [2.05, 4.69) is 10.6 Å². The topological polar surface area (TPSA) is 41.1 Å². The van der Waals surface area contributed by atoms with Crippen LogP contribution < -0.4 is 10.6 Å². The maximum Gasteiger partial charge on any atom is 0.416 e. The Morgan fingerprint density at radius 1 is 1.08 bits per heavy atom. The fraction of sp³-hybridized carbons (Fsp3) is 0.650. The molecule has 6 heteroatoms. The Balaban J connectivity index is 1.38. The lowest BCUT2D eigenvalue weighted by molar-refractivity contribution is -0.137. The third-order valence-corrected chi connectivity index (χ3v) is 6.52. The van der Waals surface area contributed by atoms with E-state index >= 15 is 0 Å². The molecule has 2 N–H and O–H groups in total. The van der Waals surface area contributed by atoms with Gasteiger partial charge in [0.2, 0.25) is 5.91 Å². The van der Waals surface area contributed by atoms with Gasteiger partial charge in [0.1, 0.15) is 0 Å². The van der Waals surface area contributed by atoms with Crippen molar-refractivity contribution >= 4 is 11.6 Å². The minimum atomic E-state index is -4.41. The highest BCUT2D eigenvalue weighted by atomic mass is 19.4. The van der Waals surface area contributed by atoms with Gasteiger partial charge in [0.15, 0.2) is 0 Å². The number of carbonyl (C=O) groups is 1. The molecule has 1 amide bonds. The zero-order chi connectivity index (χ0) is 18.5. The molecule has 1 atom stereocenters. The highest BCUT2D eigenvalue weighted by Crippen LogP contribution is 2.53. The van der Waals surface area contributed by atoms with Crippen molar-refractivity contribution in [2.45, 2.75) is 57.3 Å². The summed E-state index contributed by atoms with van der Waals surface area (Å²) in [6.45, 7) is 1.80. The zero-order valence-electron chi connectivity index (χ0n) is 14.9. The molecule has 142 valence electrons. The second-order valence-electron chi connectivity index (χ2n) is 8.41. The third-order valence-electron chi connectivity index (χ3n) is 6.52. The van der Waals surface area contributed by atoms with Crippen molar-refractivity contribution in [3.8, 4) is 0 Å². The Labute approximate surface area is 151 Å². The minimum absolute atomic E-state index is 0.184. The van der Waals surface area contributed by atoms with Gasteiger partial charge < -0.3 is 10.6 Å². The summed E-state index contributed by atoms with van der Waals surface area (Å²) in [7, 11) is 0. The summed E-state index contributed by atoms with van der Waals surface area (Å²) >= 11 is 0. The quantitative estimate of drug-likeness (QED) is 0.827. The number of hydrogen-bond donors (Lipinski definition) is 2. The molecule has 0 heterocycles. The van der Waals surface area contributed by atoms with Gasteiger partial charge >= 0.3 is 6.18 Å². The van der Waals surface area contributed by atoms with Gasteiger partial charge in [0.25, 0.3) is 0 Å². The molecular weight excluding hydrogens is 341 g/mol. The van der Waals surface area contributed by atoms with Crippen LogP contribution in [0.2, 0.25) is 0 Å². The van der Waals surface area contributed by atoms with E-state index in [4.69, 9.17) is 0 Å². The van der Waals surface area contributed by atoms with E-state index in [1.807, 2.05) is 0 Å². The molecule has 26 heavy (non-hydrogen) atoms. The van der Waals surface area contributed by atoms with Crippen LogP contribution in [-0.4, -0.2) is 18.0 Å². The summed E-state index contributed by atoms with van der Waals surface area (Å²) in [5.41, 5.74) is -0.569. The second kappa shape index (κ2) is 6.55. The minimum Gasteiger partial charge on any atom is -0.325 e. The number of nitrogens with one attached hydrogen (secondary N) is 2. The molecule has 4 fully saturated rings. The molecule has 1 aromatic rings. The van der Waals surface area contributed by atoms with E-state index in [9.17, 15) is 18.0 Å². The molecule has 0 aromatic heterocycles. The summed E-state index contributed by atoms with van der Waals surface area (Å²) in [6.07, 6.45) is 1.99. The number of alkyl halides is 3. The molecule has 3 nitrogen and oxygen atoms in total. The van der Waals surface area contributed by atoms with Gasteiger partial charge in [0.05, 0.1) is 11.6 Å². The van der Waals surface area contributed by atoms with E-state index in [1.54, 1.807) is 6.92 Å². The number of hydrogen-bond acceptors (Lipinski definition) is 2. The number of halogens is 3. The van der Waals surface area contributed by atoms with Crippen molar-refractivity contribution in [3.63, 3.8) is 0 Å². The monoisotopic (exact) mass is 366 g/mol. The molecule has 5 rings (SSSR count). The molecule has 4 bridgehead atoms. The molecule has 0 spiro atoms. The zero-order valence-corrected chi connectivity index (χ0v) is 14.9. The molecule has 0 aliphatic heterocycles. The smallest absolute Gasteiger partial charge is 0.325 e. The summed E-state index contributed by atoms with van der Waals surface area (Å²) in [5.74, 6) is 2.75. The van der Waals surface area contributed by atoms with Crippen molar-refractivity contribution in [1.82, 2.24) is 5.32 Å². The van der Waals surface area contributed by atoms with Crippen molar-refractivity contribution in [1.29, 1.82) is 0 Å². The summed E-state index contributed by atoms with van der Waals surface area (Å²) in [5, 5.41) is 6.12. The number of benzene rings is 1. The summed E-state index contributed by atoms with van der Waals surface area (Å²) in [4.78, 5) is 12.5. The Bertz CT molecular complexity index is 660. The normalized spacial score (nSPS) is 33.9. The molecule has 0 saturated heterocycles. The molecule has 0 radical (unpaired) electrons. The first-order chi connectivity index (χ1) is 12.3. The molecule has 4 aliphatic rings. The van der Waals surface area contributed by atoms with Crippen LogP contribution >= 0.6 is 0 Å². The van der Waals surface area contributed by atoms with E-state index in [-0.39, 0.29) is 11.6 Å². The number of amides is 1. The maximum atomic E-state index is 12.8. The lowest BCUT2D eigenvalue weighted by atomic mass is 9.54. The largest absolute Gasteiger partial charge is 0.416 e. The van der Waals surface area contributed by atoms with Crippen LogP contribution in [0.15, 0.2) is 24.3 Å². The first-order valence-corrected chi connectivity index (χ1v) is 9.53. The number of rotatable bonds is 4. The summed E-state index contributed by atoms with van der Waals surface area (Å²) in [6, 6.07) is 4.73. The van der Waals surface area contributed by atoms with Crippen LogP contribution in [0.3, 0.4) is 0 Å². The van der Waals surface area contributed by atoms with Crippen LogP contribution in [0.4, 0.5) is 18.9 Å². The molecule has 4 saturated carbocycles. The van der Waals surface area contributed by atoms with Gasteiger partial charge in [-0.15, -0.1) is 0 Å². The van der Waals surface area contributed by atoms with Gasteiger partial charge in [0, 0.05) is 11.7 Å². The van der Waals surface area contributed by atoms with Crippen LogP contribution in [0.5, 0.6) is 0 Å². The Hall–Kier alpha value is -1.56. The third kappa shape index (κ3) is 3.48. The van der Waals surface area contributed by atoms with E-state index in [0.717, 1.165) is 24.0 Å².